The van der Waals surface area contributed by atoms with Gasteiger partial charge >= 0.3 is 0 Å². The lowest BCUT2D eigenvalue weighted by Crippen LogP contribution is -2.36. The third kappa shape index (κ3) is 4.92. The molecular weight excluding hydrogens is 528 g/mol. The van der Waals surface area contributed by atoms with Crippen LogP contribution in [0.5, 0.6) is 5.88 Å². The molecule has 0 amide bonds. The molecule has 40 heavy (non-hydrogen) atoms. The monoisotopic (exact) mass is 556 g/mol. The molecule has 11 heteroatoms. The van der Waals surface area contributed by atoms with Gasteiger partial charge in [-0.2, -0.15) is 0 Å². The quantitative estimate of drug-likeness (QED) is 0.304. The minimum Gasteiger partial charge on any atom is -0.480 e. The van der Waals surface area contributed by atoms with Gasteiger partial charge in [0.05, 0.1) is 31.4 Å². The molecule has 0 aliphatic carbocycles. The van der Waals surface area contributed by atoms with E-state index in [2.05, 4.69) is 31.7 Å². The molecule has 0 bridgehead atoms. The first-order valence-electron chi connectivity index (χ1n) is 12.8. The topological polar surface area (TPSA) is 125 Å². The van der Waals surface area contributed by atoms with Crippen LogP contribution in [0.2, 0.25) is 0 Å². The number of hydrogen-bond donors (Lipinski definition) is 2. The first kappa shape index (κ1) is 25.7. The second kappa shape index (κ2) is 10.5. The van der Waals surface area contributed by atoms with Crippen LogP contribution in [-0.2, 0) is 14.8 Å². The van der Waals surface area contributed by atoms with Crippen LogP contribution in [-0.4, -0.2) is 56.4 Å². The standard InChI is InChI=1S/C29H28N6O4S/c1-38-28-27(40(36,37)33-22-5-3-2-4-6-22)18-21(19-31-28)20-7-12-25-26(17-20)35(29(30)32-25)24-10-8-23(9-11-24)34-13-15-39-16-14-34/h2-12,17-19,33H,13-16H2,1H3,(H2,30,32). The molecular formula is C29H28N6O4S. The van der Waals surface area contributed by atoms with Crippen molar-refractivity contribution in [1.29, 1.82) is 0 Å². The van der Waals surface area contributed by atoms with Crippen LogP contribution in [0.3, 0.4) is 0 Å². The van der Waals surface area contributed by atoms with Crippen LogP contribution in [0.15, 0.2) is 90.0 Å². The number of nitrogen functional groups attached to an aromatic ring is 1. The largest absolute Gasteiger partial charge is 0.480 e. The molecule has 0 saturated carbocycles. The van der Waals surface area contributed by atoms with E-state index < -0.39 is 10.0 Å². The molecule has 0 radical (unpaired) electrons. The summed E-state index contributed by atoms with van der Waals surface area (Å²) in [5, 5.41) is 0. The van der Waals surface area contributed by atoms with Gasteiger partial charge in [-0.05, 0) is 60.2 Å². The number of ether oxygens (including phenoxy) is 2. The second-order valence-electron chi connectivity index (χ2n) is 9.33. The fourth-order valence-corrected chi connectivity index (χ4v) is 6.04. The highest BCUT2D eigenvalue weighted by atomic mass is 32.2. The number of fused-ring (bicyclic) bond motifs is 1. The third-order valence-corrected chi connectivity index (χ3v) is 8.20. The summed E-state index contributed by atoms with van der Waals surface area (Å²) in [6.45, 7) is 3.14. The summed E-state index contributed by atoms with van der Waals surface area (Å²) in [7, 11) is -2.59. The Kier molecular flexibility index (Phi) is 6.74. The summed E-state index contributed by atoms with van der Waals surface area (Å²) < 4.78 is 41.8. The molecule has 1 saturated heterocycles. The number of pyridine rings is 1. The number of methoxy groups -OCH3 is 1. The van der Waals surface area contributed by atoms with Crippen molar-refractivity contribution in [3.63, 3.8) is 0 Å². The molecule has 2 aromatic heterocycles. The Morgan fingerprint density at radius 2 is 1.65 bits per heavy atom. The number of imidazole rings is 1. The summed E-state index contributed by atoms with van der Waals surface area (Å²) in [4.78, 5) is 11.1. The van der Waals surface area contributed by atoms with E-state index in [1.807, 2.05) is 41.0 Å². The Morgan fingerprint density at radius 3 is 2.38 bits per heavy atom. The zero-order valence-corrected chi connectivity index (χ0v) is 22.6. The Labute approximate surface area is 232 Å². The van der Waals surface area contributed by atoms with Crippen molar-refractivity contribution < 1.29 is 17.9 Å². The van der Waals surface area contributed by atoms with E-state index in [4.69, 9.17) is 15.2 Å². The molecule has 1 aliphatic rings. The van der Waals surface area contributed by atoms with Gasteiger partial charge < -0.3 is 20.1 Å². The van der Waals surface area contributed by atoms with E-state index in [1.165, 1.54) is 7.11 Å². The molecule has 0 spiro atoms. The third-order valence-electron chi connectivity index (χ3n) is 6.83. The highest BCUT2D eigenvalue weighted by molar-refractivity contribution is 7.92. The first-order valence-corrected chi connectivity index (χ1v) is 14.2. The number of hydrogen-bond acceptors (Lipinski definition) is 8. The maximum absolute atomic E-state index is 13.3. The normalized spacial score (nSPS) is 13.9. The summed E-state index contributed by atoms with van der Waals surface area (Å²) in [6.07, 6.45) is 1.59. The van der Waals surface area contributed by atoms with Gasteiger partial charge in [-0.1, -0.05) is 24.3 Å². The SMILES string of the molecule is COc1ncc(-c2ccc3nc(N)n(-c4ccc(N5CCOCC5)cc4)c3c2)cc1S(=O)(=O)Nc1ccccc1. The molecule has 1 aliphatic heterocycles. The zero-order chi connectivity index (χ0) is 27.7. The summed E-state index contributed by atoms with van der Waals surface area (Å²) >= 11 is 0. The van der Waals surface area contributed by atoms with E-state index in [0.717, 1.165) is 54.3 Å². The zero-order valence-electron chi connectivity index (χ0n) is 21.8. The lowest BCUT2D eigenvalue weighted by Gasteiger charge is -2.29. The van der Waals surface area contributed by atoms with Crippen molar-refractivity contribution in [1.82, 2.24) is 14.5 Å². The minimum absolute atomic E-state index is 0.00269. The molecule has 0 unspecified atom stereocenters. The Morgan fingerprint density at radius 1 is 0.925 bits per heavy atom. The van der Waals surface area contributed by atoms with Crippen molar-refractivity contribution in [2.24, 2.45) is 0 Å². The Bertz CT molecular complexity index is 1770. The van der Waals surface area contributed by atoms with E-state index in [1.54, 1.807) is 36.5 Å². The highest BCUT2D eigenvalue weighted by Gasteiger charge is 2.23. The predicted molar refractivity (Wildman–Crippen MR) is 156 cm³/mol. The summed E-state index contributed by atoms with van der Waals surface area (Å²) in [6, 6.07) is 24.1. The number of benzene rings is 3. The van der Waals surface area contributed by atoms with Crippen LogP contribution in [0.1, 0.15) is 0 Å². The number of aromatic nitrogens is 3. The van der Waals surface area contributed by atoms with Crippen molar-refractivity contribution >= 4 is 38.4 Å². The molecule has 10 nitrogen and oxygen atoms in total. The predicted octanol–water partition coefficient (Wildman–Crippen LogP) is 4.32. The molecule has 204 valence electrons. The molecule has 1 fully saturated rings. The minimum atomic E-state index is -3.98. The smallest absolute Gasteiger partial charge is 0.267 e. The fraction of sp³-hybridized carbons (Fsp3) is 0.172. The maximum atomic E-state index is 13.3. The van der Waals surface area contributed by atoms with Gasteiger partial charge in [0.25, 0.3) is 10.0 Å². The van der Waals surface area contributed by atoms with E-state index in [9.17, 15) is 8.42 Å². The molecule has 3 heterocycles. The van der Waals surface area contributed by atoms with Gasteiger partial charge in [-0.15, -0.1) is 0 Å². The van der Waals surface area contributed by atoms with Gasteiger partial charge in [0.15, 0.2) is 0 Å². The summed E-state index contributed by atoms with van der Waals surface area (Å²) in [5.74, 6) is 0.359. The van der Waals surface area contributed by atoms with Gasteiger partial charge in [-0.25, -0.2) is 18.4 Å². The number of morpholine rings is 1. The van der Waals surface area contributed by atoms with Crippen molar-refractivity contribution in [3.05, 3.63) is 85.1 Å². The van der Waals surface area contributed by atoms with Gasteiger partial charge in [0.1, 0.15) is 4.90 Å². The van der Waals surface area contributed by atoms with E-state index in [-0.39, 0.29) is 10.8 Å². The number of anilines is 3. The van der Waals surface area contributed by atoms with E-state index >= 15 is 0 Å². The molecule has 3 N–H and O–H groups in total. The Hall–Kier alpha value is -4.61. The fourth-order valence-electron chi connectivity index (χ4n) is 4.83. The number of nitrogens with zero attached hydrogens (tertiary/aromatic N) is 4. The molecule has 6 rings (SSSR count). The first-order chi connectivity index (χ1) is 19.4. The van der Waals surface area contributed by atoms with Gasteiger partial charge in [0, 0.05) is 41.9 Å². The highest BCUT2D eigenvalue weighted by Crippen LogP contribution is 2.32. The van der Waals surface area contributed by atoms with Crippen molar-refractivity contribution in [2.45, 2.75) is 4.90 Å². The van der Waals surface area contributed by atoms with Crippen LogP contribution in [0, 0.1) is 0 Å². The second-order valence-corrected chi connectivity index (χ2v) is 11.0. The molecule has 3 aromatic carbocycles. The number of sulfonamides is 1. The van der Waals surface area contributed by atoms with Gasteiger partial charge in [0.2, 0.25) is 11.8 Å². The van der Waals surface area contributed by atoms with Crippen molar-refractivity contribution in [3.8, 4) is 22.7 Å². The lowest BCUT2D eigenvalue weighted by atomic mass is 10.1. The van der Waals surface area contributed by atoms with Crippen LogP contribution in [0.4, 0.5) is 17.3 Å². The maximum Gasteiger partial charge on any atom is 0.267 e. The average molecular weight is 557 g/mol. The van der Waals surface area contributed by atoms with Crippen LogP contribution in [0.25, 0.3) is 27.8 Å². The van der Waals surface area contributed by atoms with Crippen molar-refractivity contribution in [2.75, 3.05) is 48.8 Å². The number of nitrogens with two attached hydrogens (primary N) is 1. The van der Waals surface area contributed by atoms with Crippen LogP contribution < -0.4 is 20.1 Å². The van der Waals surface area contributed by atoms with Crippen LogP contribution >= 0.6 is 0 Å². The lowest BCUT2D eigenvalue weighted by molar-refractivity contribution is 0.122. The number of nitrogens with one attached hydrogen (secondary N) is 1. The molecule has 5 aromatic rings. The number of para-hydroxylation sites is 1. The Balaban J connectivity index is 1.37. The van der Waals surface area contributed by atoms with E-state index in [0.29, 0.717) is 17.2 Å². The average Bonchev–Trinajstić information content (AvgIpc) is 3.32. The number of rotatable bonds is 7. The van der Waals surface area contributed by atoms with Gasteiger partial charge in [-0.3, -0.25) is 9.29 Å². The molecule has 0 atom stereocenters. The summed E-state index contributed by atoms with van der Waals surface area (Å²) in [5.41, 5.74) is 11.7.